The Bertz CT molecular complexity index is 649. The second-order valence-corrected chi connectivity index (χ2v) is 7.13. The number of hydrogen-bond acceptors (Lipinski definition) is 4. The zero-order valence-corrected chi connectivity index (χ0v) is 18.8. The number of methoxy groups -OCH3 is 1. The molecule has 0 saturated heterocycles. The Kier molecular flexibility index (Phi) is 8.03. The Morgan fingerprint density at radius 3 is 2.70 bits per heavy atom. The molecule has 3 rings (SSSR count). The number of para-hydroxylation sites is 1. The molecule has 0 bridgehead atoms. The molecule has 0 radical (unpaired) electrons. The van der Waals surface area contributed by atoms with E-state index in [1.165, 1.54) is 19.3 Å². The van der Waals surface area contributed by atoms with Crippen molar-refractivity contribution in [3.63, 3.8) is 0 Å². The van der Waals surface area contributed by atoms with Crippen molar-refractivity contribution >= 4 is 29.9 Å². The highest BCUT2D eigenvalue weighted by Gasteiger charge is 2.59. The van der Waals surface area contributed by atoms with Gasteiger partial charge in [-0.1, -0.05) is 18.6 Å². The second kappa shape index (κ2) is 9.82. The lowest BCUT2D eigenvalue weighted by molar-refractivity contribution is -0.168. The number of guanidine groups is 1. The lowest BCUT2D eigenvalue weighted by Gasteiger charge is -2.61. The van der Waals surface area contributed by atoms with E-state index in [0.29, 0.717) is 24.4 Å². The summed E-state index contributed by atoms with van der Waals surface area (Å²) in [6.45, 7) is 6.10. The summed E-state index contributed by atoms with van der Waals surface area (Å²) in [4.78, 5) is 4.67. The SMILES string of the molecule is CCNC(=NCc1cccc(OC)c1O)NC1CC(OCC)C12CCC2.I. The van der Waals surface area contributed by atoms with E-state index in [9.17, 15) is 5.11 Å². The van der Waals surface area contributed by atoms with Gasteiger partial charge in [0.25, 0.3) is 0 Å². The van der Waals surface area contributed by atoms with E-state index in [-0.39, 0.29) is 35.1 Å². The molecular formula is C20H32IN3O3. The van der Waals surface area contributed by atoms with Gasteiger partial charge in [-0.15, -0.1) is 24.0 Å². The Morgan fingerprint density at radius 2 is 2.11 bits per heavy atom. The van der Waals surface area contributed by atoms with Crippen LogP contribution in [0.1, 0.15) is 45.1 Å². The number of ether oxygens (including phenoxy) is 2. The van der Waals surface area contributed by atoms with Crippen LogP contribution in [0.3, 0.4) is 0 Å². The molecular weight excluding hydrogens is 457 g/mol. The van der Waals surface area contributed by atoms with Gasteiger partial charge in [0.1, 0.15) is 0 Å². The molecule has 1 spiro atoms. The normalized spacial score (nSPS) is 23.0. The lowest BCUT2D eigenvalue weighted by atomic mass is 9.51. The van der Waals surface area contributed by atoms with Crippen LogP contribution in [-0.4, -0.2) is 43.5 Å². The Labute approximate surface area is 179 Å². The molecule has 1 aromatic carbocycles. The fourth-order valence-corrected chi connectivity index (χ4v) is 4.15. The Morgan fingerprint density at radius 1 is 1.33 bits per heavy atom. The third-order valence-electron chi connectivity index (χ3n) is 5.80. The molecule has 2 fully saturated rings. The zero-order chi connectivity index (χ0) is 18.6. The summed E-state index contributed by atoms with van der Waals surface area (Å²) >= 11 is 0. The molecule has 1 aromatic rings. The number of hydrogen-bond donors (Lipinski definition) is 3. The number of nitrogens with one attached hydrogen (secondary N) is 2. The summed E-state index contributed by atoms with van der Waals surface area (Å²) in [6.07, 6.45) is 5.15. The first-order chi connectivity index (χ1) is 12.6. The van der Waals surface area contributed by atoms with Crippen molar-refractivity contribution in [2.75, 3.05) is 20.3 Å². The predicted octanol–water partition coefficient (Wildman–Crippen LogP) is 3.42. The maximum absolute atomic E-state index is 10.2. The van der Waals surface area contributed by atoms with Crippen LogP contribution in [0.2, 0.25) is 0 Å². The van der Waals surface area contributed by atoms with Crippen LogP contribution < -0.4 is 15.4 Å². The minimum Gasteiger partial charge on any atom is -0.504 e. The van der Waals surface area contributed by atoms with E-state index in [4.69, 9.17) is 9.47 Å². The maximum Gasteiger partial charge on any atom is 0.191 e. The van der Waals surface area contributed by atoms with Crippen molar-refractivity contribution in [2.45, 2.75) is 58.2 Å². The monoisotopic (exact) mass is 489 g/mol. The van der Waals surface area contributed by atoms with Crippen molar-refractivity contribution in [1.29, 1.82) is 0 Å². The number of rotatable bonds is 7. The average molecular weight is 489 g/mol. The van der Waals surface area contributed by atoms with Crippen molar-refractivity contribution in [2.24, 2.45) is 10.4 Å². The molecule has 27 heavy (non-hydrogen) atoms. The van der Waals surface area contributed by atoms with Gasteiger partial charge in [-0.05, 0) is 39.2 Å². The van der Waals surface area contributed by atoms with E-state index >= 15 is 0 Å². The van der Waals surface area contributed by atoms with E-state index in [1.807, 2.05) is 12.1 Å². The Balaban J connectivity index is 0.00000261. The molecule has 3 N–H and O–H groups in total. The first-order valence-corrected chi connectivity index (χ1v) is 9.66. The lowest BCUT2D eigenvalue weighted by Crippen LogP contribution is -2.68. The molecule has 0 aromatic heterocycles. The Hall–Kier alpha value is -1.22. The number of phenolic OH excluding ortho intramolecular Hbond substituents is 1. The van der Waals surface area contributed by atoms with Gasteiger partial charge in [-0.25, -0.2) is 4.99 Å². The van der Waals surface area contributed by atoms with E-state index in [0.717, 1.165) is 31.1 Å². The molecule has 2 saturated carbocycles. The maximum atomic E-state index is 10.2. The number of nitrogens with zero attached hydrogens (tertiary/aromatic N) is 1. The van der Waals surface area contributed by atoms with Crippen LogP contribution in [0, 0.1) is 5.41 Å². The summed E-state index contributed by atoms with van der Waals surface area (Å²) in [5.41, 5.74) is 1.03. The predicted molar refractivity (Wildman–Crippen MR) is 118 cm³/mol. The molecule has 152 valence electrons. The summed E-state index contributed by atoms with van der Waals surface area (Å²) in [5, 5.41) is 17.2. The van der Waals surface area contributed by atoms with Gasteiger partial charge in [0, 0.05) is 30.2 Å². The van der Waals surface area contributed by atoms with Gasteiger partial charge in [0.15, 0.2) is 17.5 Å². The summed E-state index contributed by atoms with van der Waals surface area (Å²) in [6, 6.07) is 5.89. The van der Waals surface area contributed by atoms with Gasteiger partial charge >= 0.3 is 0 Å². The molecule has 2 aliphatic carbocycles. The average Bonchev–Trinajstić information content (AvgIpc) is 2.58. The number of phenols is 1. The fraction of sp³-hybridized carbons (Fsp3) is 0.650. The molecule has 7 heteroatoms. The van der Waals surface area contributed by atoms with Crippen molar-refractivity contribution in [3.05, 3.63) is 23.8 Å². The van der Waals surface area contributed by atoms with Crippen LogP contribution >= 0.6 is 24.0 Å². The van der Waals surface area contributed by atoms with E-state index in [2.05, 4.69) is 29.5 Å². The van der Waals surface area contributed by atoms with Gasteiger partial charge in [-0.2, -0.15) is 0 Å². The fourth-order valence-electron chi connectivity index (χ4n) is 4.15. The molecule has 2 atom stereocenters. The number of aliphatic imine (C=N–C) groups is 1. The molecule has 0 aliphatic heterocycles. The highest BCUT2D eigenvalue weighted by atomic mass is 127. The molecule has 0 heterocycles. The topological polar surface area (TPSA) is 75.1 Å². The highest BCUT2D eigenvalue weighted by molar-refractivity contribution is 14.0. The van der Waals surface area contributed by atoms with Gasteiger partial charge in [0.05, 0.1) is 19.8 Å². The van der Waals surface area contributed by atoms with E-state index < -0.39 is 0 Å². The largest absolute Gasteiger partial charge is 0.504 e. The van der Waals surface area contributed by atoms with Crippen LogP contribution in [0.5, 0.6) is 11.5 Å². The summed E-state index contributed by atoms with van der Waals surface area (Å²) in [5.74, 6) is 1.42. The summed E-state index contributed by atoms with van der Waals surface area (Å²) < 4.78 is 11.1. The minimum atomic E-state index is 0. The standard InChI is InChI=1S/C20H31N3O3.HI/c1-4-21-19(22-13-14-8-6-9-15(25-3)18(14)24)23-16-12-17(26-5-2)20(16)10-7-11-20;/h6,8-9,16-17,24H,4-5,7,10-13H2,1-3H3,(H2,21,22,23);1H. The molecule has 0 amide bonds. The number of aromatic hydroxyl groups is 1. The van der Waals surface area contributed by atoms with Gasteiger partial charge in [0.2, 0.25) is 0 Å². The third-order valence-corrected chi connectivity index (χ3v) is 5.80. The number of benzene rings is 1. The minimum absolute atomic E-state index is 0. The van der Waals surface area contributed by atoms with Crippen molar-refractivity contribution in [1.82, 2.24) is 10.6 Å². The summed E-state index contributed by atoms with van der Waals surface area (Å²) in [7, 11) is 1.55. The van der Waals surface area contributed by atoms with E-state index in [1.54, 1.807) is 13.2 Å². The van der Waals surface area contributed by atoms with Gasteiger partial charge < -0.3 is 25.2 Å². The van der Waals surface area contributed by atoms with Gasteiger partial charge in [-0.3, -0.25) is 0 Å². The van der Waals surface area contributed by atoms with Crippen LogP contribution in [0.15, 0.2) is 23.2 Å². The number of halogens is 1. The highest BCUT2D eigenvalue weighted by Crippen LogP contribution is 2.57. The van der Waals surface area contributed by atoms with Crippen LogP contribution in [0.25, 0.3) is 0 Å². The first-order valence-electron chi connectivity index (χ1n) is 9.66. The van der Waals surface area contributed by atoms with Crippen LogP contribution in [0.4, 0.5) is 0 Å². The first kappa shape index (κ1) is 22.1. The van der Waals surface area contributed by atoms with Crippen LogP contribution in [-0.2, 0) is 11.3 Å². The van der Waals surface area contributed by atoms with Crippen molar-refractivity contribution < 1.29 is 14.6 Å². The second-order valence-electron chi connectivity index (χ2n) is 7.13. The molecule has 2 unspecified atom stereocenters. The quantitative estimate of drug-likeness (QED) is 0.311. The van der Waals surface area contributed by atoms with Crippen molar-refractivity contribution in [3.8, 4) is 11.5 Å². The zero-order valence-electron chi connectivity index (χ0n) is 16.5. The molecule has 2 aliphatic rings. The molecule has 6 nitrogen and oxygen atoms in total. The smallest absolute Gasteiger partial charge is 0.191 e. The third kappa shape index (κ3) is 4.45.